The van der Waals surface area contributed by atoms with E-state index < -0.39 is 0 Å². The van der Waals surface area contributed by atoms with Gasteiger partial charge in [-0.1, -0.05) is 0 Å². The summed E-state index contributed by atoms with van der Waals surface area (Å²) in [6.45, 7) is 1.58. The molecule has 4 nitrogen and oxygen atoms in total. The second-order valence-electron chi connectivity index (χ2n) is 6.17. The van der Waals surface area contributed by atoms with Crippen molar-refractivity contribution in [3.8, 4) is 11.5 Å². The summed E-state index contributed by atoms with van der Waals surface area (Å²) in [4.78, 5) is 2.23. The minimum atomic E-state index is -0.209. The summed E-state index contributed by atoms with van der Waals surface area (Å²) in [5.41, 5.74) is 4.48. The molecule has 0 amide bonds. The number of methoxy groups -OCH3 is 1. The summed E-state index contributed by atoms with van der Waals surface area (Å²) in [5.74, 6) is 0.382. The number of halogens is 1. The third-order valence-corrected chi connectivity index (χ3v) is 4.89. The number of phenolic OH excluding ortho intramolecular Hbond substituents is 1. The van der Waals surface area contributed by atoms with E-state index in [1.54, 1.807) is 19.2 Å². The summed E-state index contributed by atoms with van der Waals surface area (Å²) in [6.07, 6.45) is 0.894. The number of nitrogens with zero attached hydrogens (tertiary/aromatic N) is 2. The zero-order valence-corrected chi connectivity index (χ0v) is 13.7. The van der Waals surface area contributed by atoms with E-state index in [1.165, 1.54) is 17.3 Å². The minimum Gasteiger partial charge on any atom is -0.504 e. The van der Waals surface area contributed by atoms with Gasteiger partial charge in [-0.05, 0) is 30.3 Å². The van der Waals surface area contributed by atoms with Crippen LogP contribution in [0.5, 0.6) is 11.5 Å². The zero-order valence-electron chi connectivity index (χ0n) is 13.7. The third kappa shape index (κ3) is 2.19. The van der Waals surface area contributed by atoms with Crippen molar-refractivity contribution in [3.05, 3.63) is 53.5 Å². The van der Waals surface area contributed by atoms with Gasteiger partial charge >= 0.3 is 0 Å². The van der Waals surface area contributed by atoms with Gasteiger partial charge in [-0.25, -0.2) is 4.39 Å². The van der Waals surface area contributed by atoms with Crippen LogP contribution < -0.4 is 9.64 Å². The van der Waals surface area contributed by atoms with E-state index in [0.717, 1.165) is 29.6 Å². The van der Waals surface area contributed by atoms with E-state index in [0.29, 0.717) is 12.3 Å². The molecule has 4 rings (SSSR count). The van der Waals surface area contributed by atoms with E-state index in [4.69, 9.17) is 4.74 Å². The summed E-state index contributed by atoms with van der Waals surface area (Å²) in [7, 11) is 3.58. The molecule has 0 unspecified atom stereocenters. The molecule has 2 heterocycles. The zero-order chi connectivity index (χ0) is 16.8. The van der Waals surface area contributed by atoms with Crippen LogP contribution in [0, 0.1) is 5.82 Å². The maximum absolute atomic E-state index is 13.7. The number of hydrogen-bond acceptors (Lipinski definition) is 3. The Morgan fingerprint density at radius 3 is 2.79 bits per heavy atom. The average Bonchev–Trinajstić information content (AvgIpc) is 2.87. The van der Waals surface area contributed by atoms with Crippen LogP contribution in [0.25, 0.3) is 10.9 Å². The SMILES string of the molecule is COc1cc(N2CCc3c(c4cc(F)ccc4n3C)C2)ccc1O. The fraction of sp³-hybridized carbons (Fsp3) is 0.263. The van der Waals surface area contributed by atoms with Crippen molar-refractivity contribution in [1.29, 1.82) is 0 Å². The molecule has 1 N–H and O–H groups in total. The highest BCUT2D eigenvalue weighted by atomic mass is 19.1. The number of anilines is 1. The Bertz CT molecular complexity index is 933. The highest BCUT2D eigenvalue weighted by molar-refractivity contribution is 5.86. The van der Waals surface area contributed by atoms with Gasteiger partial charge in [0.25, 0.3) is 0 Å². The topological polar surface area (TPSA) is 37.6 Å². The Balaban J connectivity index is 1.77. The van der Waals surface area contributed by atoms with Gasteiger partial charge in [-0.3, -0.25) is 0 Å². The molecule has 1 aliphatic rings. The maximum Gasteiger partial charge on any atom is 0.162 e. The van der Waals surface area contributed by atoms with Crippen molar-refractivity contribution < 1.29 is 14.2 Å². The largest absolute Gasteiger partial charge is 0.504 e. The molecule has 0 spiro atoms. The van der Waals surface area contributed by atoms with Crippen molar-refractivity contribution in [2.24, 2.45) is 7.05 Å². The van der Waals surface area contributed by atoms with Gasteiger partial charge in [0.1, 0.15) is 5.82 Å². The summed E-state index contributed by atoms with van der Waals surface area (Å²) in [5, 5.41) is 10.8. The lowest BCUT2D eigenvalue weighted by Crippen LogP contribution is -2.30. The quantitative estimate of drug-likeness (QED) is 0.782. The molecule has 124 valence electrons. The number of aryl methyl sites for hydroxylation is 1. The third-order valence-electron chi connectivity index (χ3n) is 4.89. The lowest BCUT2D eigenvalue weighted by atomic mass is 10.0. The van der Waals surface area contributed by atoms with Crippen molar-refractivity contribution >= 4 is 16.6 Å². The van der Waals surface area contributed by atoms with Gasteiger partial charge in [0.15, 0.2) is 11.5 Å². The summed E-state index contributed by atoms with van der Waals surface area (Å²) < 4.78 is 21.1. The van der Waals surface area contributed by atoms with E-state index in [-0.39, 0.29) is 11.6 Å². The van der Waals surface area contributed by atoms with Crippen molar-refractivity contribution in [2.75, 3.05) is 18.6 Å². The first-order valence-electron chi connectivity index (χ1n) is 7.96. The Labute approximate surface area is 139 Å². The molecule has 1 aliphatic heterocycles. The molecule has 2 aromatic carbocycles. The minimum absolute atomic E-state index is 0.131. The van der Waals surface area contributed by atoms with Gasteiger partial charge in [0.2, 0.25) is 0 Å². The van der Waals surface area contributed by atoms with Crippen LogP contribution >= 0.6 is 0 Å². The van der Waals surface area contributed by atoms with Crippen LogP contribution in [0.15, 0.2) is 36.4 Å². The smallest absolute Gasteiger partial charge is 0.162 e. The normalized spacial score (nSPS) is 14.0. The number of benzene rings is 2. The van der Waals surface area contributed by atoms with Crippen LogP contribution in [-0.4, -0.2) is 23.3 Å². The average molecular weight is 326 g/mol. The van der Waals surface area contributed by atoms with Crippen LogP contribution in [0.4, 0.5) is 10.1 Å². The fourth-order valence-electron chi connectivity index (χ4n) is 3.63. The fourth-order valence-corrected chi connectivity index (χ4v) is 3.63. The molecule has 24 heavy (non-hydrogen) atoms. The predicted molar refractivity (Wildman–Crippen MR) is 92.3 cm³/mol. The van der Waals surface area contributed by atoms with Gasteiger partial charge in [0.05, 0.1) is 7.11 Å². The molecule has 0 saturated carbocycles. The first-order valence-corrected chi connectivity index (χ1v) is 7.96. The lowest BCUT2D eigenvalue weighted by molar-refractivity contribution is 0.373. The maximum atomic E-state index is 13.7. The lowest BCUT2D eigenvalue weighted by Gasteiger charge is -2.30. The van der Waals surface area contributed by atoms with Crippen LogP contribution in [0.1, 0.15) is 11.3 Å². The highest BCUT2D eigenvalue weighted by Crippen LogP contribution is 2.35. The van der Waals surface area contributed by atoms with E-state index in [1.807, 2.05) is 25.2 Å². The number of aromatic nitrogens is 1. The molecule has 5 heteroatoms. The molecular weight excluding hydrogens is 307 g/mol. The van der Waals surface area contributed by atoms with Crippen molar-refractivity contribution in [2.45, 2.75) is 13.0 Å². The molecule has 0 saturated heterocycles. The number of ether oxygens (including phenoxy) is 1. The summed E-state index contributed by atoms with van der Waals surface area (Å²) in [6, 6.07) is 10.3. The Morgan fingerprint density at radius 1 is 1.17 bits per heavy atom. The summed E-state index contributed by atoms with van der Waals surface area (Å²) >= 11 is 0. The predicted octanol–water partition coefficient (Wildman–Crippen LogP) is 3.59. The monoisotopic (exact) mass is 326 g/mol. The second kappa shape index (κ2) is 5.44. The Kier molecular flexibility index (Phi) is 3.37. The Hall–Kier alpha value is -2.69. The first kappa shape index (κ1) is 14.9. The second-order valence-corrected chi connectivity index (χ2v) is 6.17. The molecule has 0 aliphatic carbocycles. The van der Waals surface area contributed by atoms with Gasteiger partial charge in [-0.2, -0.15) is 0 Å². The first-order chi connectivity index (χ1) is 11.6. The van der Waals surface area contributed by atoms with Gasteiger partial charge < -0.3 is 19.3 Å². The van der Waals surface area contributed by atoms with E-state index in [2.05, 4.69) is 9.47 Å². The standard InChI is InChI=1S/C19H19FN2O2/c1-21-16-5-3-12(20)9-14(16)15-11-22(8-7-17(15)21)13-4-6-18(23)19(10-13)24-2/h3-6,9-10,23H,7-8,11H2,1-2H3. The van der Waals surface area contributed by atoms with E-state index in [9.17, 15) is 9.50 Å². The molecule has 0 radical (unpaired) electrons. The van der Waals surface area contributed by atoms with Gasteiger partial charge in [0, 0.05) is 60.5 Å². The van der Waals surface area contributed by atoms with Crippen LogP contribution in [-0.2, 0) is 20.0 Å². The van der Waals surface area contributed by atoms with Crippen LogP contribution in [0.3, 0.4) is 0 Å². The number of fused-ring (bicyclic) bond motifs is 3. The number of hydrogen-bond donors (Lipinski definition) is 1. The molecule has 0 bridgehead atoms. The molecule has 1 aromatic heterocycles. The number of aromatic hydroxyl groups is 1. The molecular formula is C19H19FN2O2. The molecule has 3 aromatic rings. The molecule has 0 fully saturated rings. The van der Waals surface area contributed by atoms with Crippen molar-refractivity contribution in [3.63, 3.8) is 0 Å². The van der Waals surface area contributed by atoms with E-state index >= 15 is 0 Å². The van der Waals surface area contributed by atoms with Crippen molar-refractivity contribution in [1.82, 2.24) is 4.57 Å². The number of phenols is 1. The Morgan fingerprint density at radius 2 is 2.00 bits per heavy atom. The number of rotatable bonds is 2. The van der Waals surface area contributed by atoms with Crippen LogP contribution in [0.2, 0.25) is 0 Å². The van der Waals surface area contributed by atoms with Gasteiger partial charge in [-0.15, -0.1) is 0 Å². The molecule has 0 atom stereocenters. The highest BCUT2D eigenvalue weighted by Gasteiger charge is 2.23.